The summed E-state index contributed by atoms with van der Waals surface area (Å²) in [5, 5.41) is 9.59. The van der Waals surface area contributed by atoms with Crippen molar-refractivity contribution < 1.29 is 18.9 Å². The molecule has 3 rings (SSSR count). The van der Waals surface area contributed by atoms with E-state index in [1.807, 2.05) is 0 Å². The van der Waals surface area contributed by atoms with Crippen molar-refractivity contribution in [1.29, 1.82) is 0 Å². The molecule has 170 valence electrons. The van der Waals surface area contributed by atoms with E-state index >= 15 is 0 Å². The Morgan fingerprint density at radius 1 is 1.19 bits per heavy atom. The molecule has 0 atom stereocenters. The molecule has 0 spiro atoms. The van der Waals surface area contributed by atoms with Gasteiger partial charge in [-0.25, -0.2) is 0 Å². The van der Waals surface area contributed by atoms with Crippen molar-refractivity contribution in [3.05, 3.63) is 24.5 Å². The van der Waals surface area contributed by atoms with Crippen LogP contribution in [0.4, 0.5) is 5.82 Å². The minimum atomic E-state index is -0.845. The number of amides is 3. The van der Waals surface area contributed by atoms with Gasteiger partial charge in [0.25, 0.3) is 0 Å². The summed E-state index contributed by atoms with van der Waals surface area (Å²) in [6.07, 6.45) is 10.3. The molecular formula is C23H34N4O4. The first-order valence-corrected chi connectivity index (χ1v) is 11.4. The highest BCUT2D eigenvalue weighted by Crippen LogP contribution is 2.37. The number of aromatic nitrogens is 1. The topological polar surface area (TPSA) is 105 Å². The van der Waals surface area contributed by atoms with Gasteiger partial charge < -0.3 is 20.1 Å². The van der Waals surface area contributed by atoms with Gasteiger partial charge in [-0.3, -0.25) is 14.4 Å². The van der Waals surface area contributed by atoms with Crippen LogP contribution < -0.4 is 10.6 Å². The molecule has 0 saturated heterocycles. The molecule has 2 N–H and O–H groups in total. The smallest absolute Gasteiger partial charge is 0.246 e. The summed E-state index contributed by atoms with van der Waals surface area (Å²) in [6, 6.07) is 1.81. The Hall–Kier alpha value is -2.64. The van der Waals surface area contributed by atoms with Gasteiger partial charge in [-0.05, 0) is 32.6 Å². The Balaban J connectivity index is 1.64. The lowest BCUT2D eigenvalue weighted by molar-refractivity contribution is -0.148. The molecule has 3 amide bonds. The molecule has 0 unspecified atom stereocenters. The number of nitrogens with zero attached hydrogens (tertiary/aromatic N) is 2. The normalized spacial score (nSPS) is 18.4. The third kappa shape index (κ3) is 5.74. The highest BCUT2D eigenvalue weighted by molar-refractivity contribution is 5.95. The number of hydrogen-bond donors (Lipinski definition) is 2. The molecule has 31 heavy (non-hydrogen) atoms. The fourth-order valence-corrected chi connectivity index (χ4v) is 4.78. The summed E-state index contributed by atoms with van der Waals surface area (Å²) < 4.78 is 4.94. The molecule has 0 bridgehead atoms. The average Bonchev–Trinajstić information content (AvgIpc) is 3.41. The van der Waals surface area contributed by atoms with E-state index in [0.29, 0.717) is 31.0 Å². The van der Waals surface area contributed by atoms with Crippen molar-refractivity contribution in [3.8, 4) is 0 Å². The zero-order valence-electron chi connectivity index (χ0n) is 18.5. The van der Waals surface area contributed by atoms with Crippen LogP contribution in [0, 0.1) is 6.92 Å². The fraction of sp³-hybridized carbons (Fsp3) is 0.652. The van der Waals surface area contributed by atoms with E-state index < -0.39 is 5.54 Å². The molecule has 0 aromatic carbocycles. The predicted octanol–water partition coefficient (Wildman–Crippen LogP) is 3.48. The third-order valence-corrected chi connectivity index (χ3v) is 6.38. The average molecular weight is 431 g/mol. The molecule has 1 aromatic heterocycles. The highest BCUT2D eigenvalue weighted by atomic mass is 16.5. The number of aryl methyl sites for hydroxylation is 1. The minimum absolute atomic E-state index is 0.0126. The predicted molar refractivity (Wildman–Crippen MR) is 117 cm³/mol. The number of carbonyl (C=O) groups excluding carboxylic acids is 3. The number of nitrogens with one attached hydrogen (secondary N) is 2. The Morgan fingerprint density at radius 3 is 2.52 bits per heavy atom. The molecular weight excluding hydrogens is 396 g/mol. The summed E-state index contributed by atoms with van der Waals surface area (Å²) in [6.45, 7) is 5.82. The second kappa shape index (κ2) is 10.6. The second-order valence-corrected chi connectivity index (χ2v) is 8.71. The number of rotatable bonds is 9. The van der Waals surface area contributed by atoms with Gasteiger partial charge in [0.1, 0.15) is 11.3 Å². The lowest BCUT2D eigenvalue weighted by atomic mass is 9.90. The van der Waals surface area contributed by atoms with Gasteiger partial charge in [-0.2, -0.15) is 0 Å². The van der Waals surface area contributed by atoms with E-state index in [0.717, 1.165) is 38.5 Å². The van der Waals surface area contributed by atoms with Crippen molar-refractivity contribution in [2.45, 2.75) is 89.1 Å². The molecule has 0 aliphatic heterocycles. The molecule has 8 nitrogen and oxygen atoms in total. The van der Waals surface area contributed by atoms with Crippen molar-refractivity contribution in [2.75, 3.05) is 11.9 Å². The third-order valence-electron chi connectivity index (χ3n) is 6.38. The van der Waals surface area contributed by atoms with Gasteiger partial charge in [-0.1, -0.05) is 43.3 Å². The van der Waals surface area contributed by atoms with Crippen LogP contribution in [-0.2, 0) is 14.4 Å². The first-order valence-electron chi connectivity index (χ1n) is 11.4. The Labute approximate surface area is 183 Å². The molecule has 2 saturated carbocycles. The van der Waals surface area contributed by atoms with Gasteiger partial charge in [0.2, 0.25) is 17.7 Å². The zero-order chi connectivity index (χ0) is 22.3. The van der Waals surface area contributed by atoms with Crippen molar-refractivity contribution >= 4 is 23.5 Å². The van der Waals surface area contributed by atoms with Crippen LogP contribution in [0.15, 0.2) is 23.2 Å². The number of anilines is 1. The van der Waals surface area contributed by atoms with Crippen LogP contribution in [0.1, 0.15) is 76.4 Å². The first kappa shape index (κ1) is 23.0. The zero-order valence-corrected chi connectivity index (χ0v) is 18.5. The second-order valence-electron chi connectivity index (χ2n) is 8.71. The molecule has 2 aliphatic rings. The van der Waals surface area contributed by atoms with Crippen molar-refractivity contribution in [1.82, 2.24) is 15.4 Å². The Bertz CT molecular complexity index is 791. The van der Waals surface area contributed by atoms with Crippen LogP contribution in [-0.4, -0.2) is 45.9 Å². The summed E-state index contributed by atoms with van der Waals surface area (Å²) in [4.78, 5) is 40.5. The van der Waals surface area contributed by atoms with E-state index in [1.165, 1.54) is 6.42 Å². The van der Waals surface area contributed by atoms with Gasteiger partial charge >= 0.3 is 0 Å². The van der Waals surface area contributed by atoms with Crippen molar-refractivity contribution in [3.63, 3.8) is 0 Å². The monoisotopic (exact) mass is 430 g/mol. The van der Waals surface area contributed by atoms with Crippen LogP contribution in [0.3, 0.4) is 0 Å². The van der Waals surface area contributed by atoms with Gasteiger partial charge in [0, 0.05) is 31.5 Å². The summed E-state index contributed by atoms with van der Waals surface area (Å²) >= 11 is 0. The number of carbonyl (C=O) groups is 3. The first-order chi connectivity index (χ1) is 14.9. The lowest BCUT2D eigenvalue weighted by Crippen LogP contribution is -2.60. The van der Waals surface area contributed by atoms with Crippen LogP contribution >= 0.6 is 0 Å². The molecule has 8 heteroatoms. The maximum Gasteiger partial charge on any atom is 0.246 e. The standard InChI is InChI=1S/C23H34N4O4/c1-3-15-27(21(29)12-11-20(28)25-19-16-17(2)31-26-19)23(13-7-8-14-23)22(30)24-18-9-5-4-6-10-18/h3,16,18H,1,4-15H2,2H3,(H,24,30)(H,25,26,28). The fourth-order valence-electron chi connectivity index (χ4n) is 4.78. The largest absolute Gasteiger partial charge is 0.360 e. The van der Waals surface area contributed by atoms with Gasteiger partial charge in [-0.15, -0.1) is 6.58 Å². The summed E-state index contributed by atoms with van der Waals surface area (Å²) in [5.41, 5.74) is -0.845. The van der Waals surface area contributed by atoms with E-state index in [4.69, 9.17) is 4.52 Å². The van der Waals surface area contributed by atoms with E-state index in [9.17, 15) is 14.4 Å². The molecule has 0 radical (unpaired) electrons. The maximum atomic E-state index is 13.4. The summed E-state index contributed by atoms with van der Waals surface area (Å²) in [7, 11) is 0. The minimum Gasteiger partial charge on any atom is -0.360 e. The van der Waals surface area contributed by atoms with E-state index in [-0.39, 0.29) is 36.6 Å². The Kier molecular flexibility index (Phi) is 7.87. The van der Waals surface area contributed by atoms with Gasteiger partial charge in [0.15, 0.2) is 5.82 Å². The molecule has 2 fully saturated rings. The molecule has 2 aliphatic carbocycles. The van der Waals surface area contributed by atoms with E-state index in [1.54, 1.807) is 24.0 Å². The summed E-state index contributed by atoms with van der Waals surface area (Å²) in [5.74, 6) is 0.363. The molecule has 1 heterocycles. The highest BCUT2D eigenvalue weighted by Gasteiger charge is 2.48. The van der Waals surface area contributed by atoms with Crippen LogP contribution in [0.2, 0.25) is 0 Å². The van der Waals surface area contributed by atoms with E-state index in [2.05, 4.69) is 22.4 Å². The molecule has 1 aromatic rings. The van der Waals surface area contributed by atoms with Crippen LogP contribution in [0.5, 0.6) is 0 Å². The van der Waals surface area contributed by atoms with Crippen LogP contribution in [0.25, 0.3) is 0 Å². The quantitative estimate of drug-likeness (QED) is 0.584. The maximum absolute atomic E-state index is 13.4. The number of hydrogen-bond acceptors (Lipinski definition) is 5. The van der Waals surface area contributed by atoms with Crippen molar-refractivity contribution in [2.24, 2.45) is 0 Å². The SMILES string of the molecule is C=CCN(C(=O)CCC(=O)Nc1cc(C)on1)C1(C(=O)NC2CCCCC2)CCCC1. The van der Waals surface area contributed by atoms with Gasteiger partial charge in [0.05, 0.1) is 0 Å². The Morgan fingerprint density at radius 2 is 1.90 bits per heavy atom. The lowest BCUT2D eigenvalue weighted by Gasteiger charge is -2.41.